The van der Waals surface area contributed by atoms with Crippen LogP contribution in [-0.4, -0.2) is 60.0 Å². The van der Waals surface area contributed by atoms with Crippen LogP contribution in [-0.2, 0) is 21.4 Å². The van der Waals surface area contributed by atoms with E-state index in [0.29, 0.717) is 31.4 Å². The second-order valence-electron chi connectivity index (χ2n) is 9.23. The van der Waals surface area contributed by atoms with E-state index in [2.05, 4.69) is 15.0 Å². The summed E-state index contributed by atoms with van der Waals surface area (Å²) in [5.74, 6) is -1.50. The maximum Gasteiger partial charge on any atom is 0.283 e. The van der Waals surface area contributed by atoms with Crippen molar-refractivity contribution in [3.63, 3.8) is 0 Å². The molecule has 11 heteroatoms. The lowest BCUT2D eigenvalue weighted by Crippen LogP contribution is -2.54. The van der Waals surface area contributed by atoms with Gasteiger partial charge in [-0.25, -0.2) is 28.1 Å². The average molecular weight is 490 g/mol. The van der Waals surface area contributed by atoms with Gasteiger partial charge in [-0.3, -0.25) is 4.79 Å². The Balaban J connectivity index is 1.36. The lowest BCUT2D eigenvalue weighted by molar-refractivity contribution is -0.0785. The largest absolute Gasteiger partial charge is 0.473 e. The first-order valence-electron chi connectivity index (χ1n) is 11.4. The average Bonchev–Trinajstić information content (AvgIpc) is 3.61. The summed E-state index contributed by atoms with van der Waals surface area (Å²) in [7, 11) is 0. The van der Waals surface area contributed by atoms with Crippen LogP contribution in [0.25, 0.3) is 0 Å². The Hall–Kier alpha value is -3.21. The third-order valence-electron chi connectivity index (χ3n) is 6.74. The lowest BCUT2D eigenvalue weighted by atomic mass is 9.74. The minimum atomic E-state index is -1.62. The number of alkyl halides is 2. The van der Waals surface area contributed by atoms with E-state index in [1.807, 2.05) is 0 Å². The quantitative estimate of drug-likeness (QED) is 0.567. The van der Waals surface area contributed by atoms with Gasteiger partial charge in [0.05, 0.1) is 31.5 Å². The van der Waals surface area contributed by atoms with E-state index < -0.39 is 35.7 Å². The van der Waals surface area contributed by atoms with E-state index in [0.717, 1.165) is 0 Å². The number of halogens is 3. The normalized spacial score (nSPS) is 26.8. The fourth-order valence-electron chi connectivity index (χ4n) is 4.53. The smallest absolute Gasteiger partial charge is 0.283 e. The number of hydrogen-bond donors (Lipinski definition) is 1. The number of aromatic nitrogens is 2. The number of ether oxygens (including phenoxy) is 3. The van der Waals surface area contributed by atoms with Crippen molar-refractivity contribution in [3.05, 3.63) is 53.2 Å². The molecule has 1 saturated heterocycles. The van der Waals surface area contributed by atoms with Crippen LogP contribution in [0.3, 0.4) is 0 Å². The Kier molecular flexibility index (Phi) is 6.12. The fraction of sp³-hybridized carbons (Fsp3) is 0.500. The number of amidine groups is 1. The molecule has 0 unspecified atom stereocenters. The summed E-state index contributed by atoms with van der Waals surface area (Å²) < 4.78 is 59.7. The molecule has 1 aromatic carbocycles. The van der Waals surface area contributed by atoms with Crippen molar-refractivity contribution in [2.24, 2.45) is 16.6 Å². The fourth-order valence-corrected chi connectivity index (χ4v) is 4.53. The van der Waals surface area contributed by atoms with Gasteiger partial charge in [-0.05, 0) is 30.5 Å². The number of nitrogens with two attached hydrogens (primary N) is 1. The molecule has 0 spiro atoms. The number of carbonyl (C=O) groups excluding carboxylic acids is 1. The summed E-state index contributed by atoms with van der Waals surface area (Å²) in [6, 6.07) is 3.86. The molecule has 0 amide bonds. The van der Waals surface area contributed by atoms with Crippen LogP contribution in [0.15, 0.2) is 35.6 Å². The number of nitrogens with zero attached hydrogens (tertiary/aromatic N) is 3. The first kappa shape index (κ1) is 23.5. The van der Waals surface area contributed by atoms with Crippen molar-refractivity contribution in [3.8, 4) is 5.88 Å². The van der Waals surface area contributed by atoms with Gasteiger partial charge in [0, 0.05) is 18.4 Å². The molecule has 2 aliphatic heterocycles. The van der Waals surface area contributed by atoms with Crippen LogP contribution in [0.4, 0.5) is 13.2 Å². The number of benzene rings is 1. The maximum atomic E-state index is 15.0. The standard InChI is InChI=1S/C24H25F3N4O4/c25-12-24(16-11-33-6-3-20(16)35-22(28)31-24)15-7-14(1-2-17(15)26)8-19(32)18-9-30-21(10-29-18)34-13-23(27)4-5-23/h1-2,7,9-10,16,20H,3-6,8,11-13H2,(H2,28,31)/t16-,20+,24+/m0/s1. The summed E-state index contributed by atoms with van der Waals surface area (Å²) >= 11 is 0. The Morgan fingerprint density at radius 2 is 2.09 bits per heavy atom. The van der Waals surface area contributed by atoms with Gasteiger partial charge < -0.3 is 19.9 Å². The highest BCUT2D eigenvalue weighted by molar-refractivity contribution is 5.95. The Labute approximate surface area is 199 Å². The molecular formula is C24H25F3N4O4. The molecule has 3 heterocycles. The molecule has 5 rings (SSSR count). The van der Waals surface area contributed by atoms with E-state index in [9.17, 15) is 13.6 Å². The zero-order valence-electron chi connectivity index (χ0n) is 18.9. The molecular weight excluding hydrogens is 465 g/mol. The van der Waals surface area contributed by atoms with Crippen LogP contribution >= 0.6 is 0 Å². The van der Waals surface area contributed by atoms with Crippen molar-refractivity contribution in [1.29, 1.82) is 0 Å². The van der Waals surface area contributed by atoms with Gasteiger partial charge in [0.15, 0.2) is 5.78 Å². The third-order valence-corrected chi connectivity index (χ3v) is 6.74. The van der Waals surface area contributed by atoms with E-state index >= 15 is 4.39 Å². The number of fused-ring (bicyclic) bond motifs is 1. The second-order valence-corrected chi connectivity index (χ2v) is 9.23. The second kappa shape index (κ2) is 9.10. The maximum absolute atomic E-state index is 15.0. The molecule has 186 valence electrons. The number of ketones is 1. The highest BCUT2D eigenvalue weighted by atomic mass is 19.1. The molecule has 1 aromatic heterocycles. The van der Waals surface area contributed by atoms with Gasteiger partial charge in [0.2, 0.25) is 5.88 Å². The molecule has 35 heavy (non-hydrogen) atoms. The lowest BCUT2D eigenvalue weighted by Gasteiger charge is -2.45. The summed E-state index contributed by atoms with van der Waals surface area (Å²) in [4.78, 5) is 25.1. The van der Waals surface area contributed by atoms with E-state index in [-0.39, 0.29) is 48.6 Å². The first-order chi connectivity index (χ1) is 16.8. The molecule has 2 fully saturated rings. The summed E-state index contributed by atoms with van der Waals surface area (Å²) in [5, 5.41) is 0. The van der Waals surface area contributed by atoms with Crippen molar-refractivity contribution in [1.82, 2.24) is 9.97 Å². The Bertz CT molecular complexity index is 1140. The van der Waals surface area contributed by atoms with Gasteiger partial charge in [-0.15, -0.1) is 0 Å². The van der Waals surface area contributed by atoms with Crippen molar-refractivity contribution < 1.29 is 32.2 Å². The monoisotopic (exact) mass is 490 g/mol. The molecule has 3 aliphatic rings. The Morgan fingerprint density at radius 1 is 1.26 bits per heavy atom. The highest BCUT2D eigenvalue weighted by Crippen LogP contribution is 2.44. The molecule has 3 atom stereocenters. The molecule has 1 saturated carbocycles. The van der Waals surface area contributed by atoms with Crippen LogP contribution in [0, 0.1) is 11.7 Å². The van der Waals surface area contributed by atoms with Crippen molar-refractivity contribution >= 4 is 11.8 Å². The van der Waals surface area contributed by atoms with Gasteiger partial charge >= 0.3 is 0 Å². The third kappa shape index (κ3) is 4.69. The van der Waals surface area contributed by atoms with E-state index in [1.54, 1.807) is 0 Å². The van der Waals surface area contributed by atoms with Gasteiger partial charge in [-0.2, -0.15) is 0 Å². The number of carbonyl (C=O) groups is 1. The number of Topliss-reactive ketones (excluding diaryl/α,β-unsaturated/α-hetero) is 1. The number of aliphatic imine (C=N–C) groups is 1. The predicted molar refractivity (Wildman–Crippen MR) is 118 cm³/mol. The molecule has 0 radical (unpaired) electrons. The number of hydrogen-bond acceptors (Lipinski definition) is 8. The topological polar surface area (TPSA) is 109 Å². The molecule has 1 aliphatic carbocycles. The van der Waals surface area contributed by atoms with E-state index in [4.69, 9.17) is 19.9 Å². The molecule has 0 bridgehead atoms. The first-order valence-corrected chi connectivity index (χ1v) is 11.4. The van der Waals surface area contributed by atoms with Gasteiger partial charge in [-0.1, -0.05) is 6.07 Å². The molecule has 8 nitrogen and oxygen atoms in total. The van der Waals surface area contributed by atoms with Crippen LogP contribution in [0.5, 0.6) is 5.88 Å². The summed E-state index contributed by atoms with van der Waals surface area (Å²) in [6.07, 6.45) is 3.32. The number of rotatable bonds is 8. The van der Waals surface area contributed by atoms with Crippen molar-refractivity contribution in [2.75, 3.05) is 26.5 Å². The zero-order chi connectivity index (χ0) is 24.6. The SMILES string of the molecule is NC1=N[C@](CF)(c2cc(CC(=O)c3cnc(OCC4(F)CC4)cn3)ccc2F)[C@H]2COCC[C@H]2O1. The molecule has 2 N–H and O–H groups in total. The van der Waals surface area contributed by atoms with Crippen LogP contribution < -0.4 is 10.5 Å². The minimum absolute atomic E-state index is 0.00731. The highest BCUT2D eigenvalue weighted by Gasteiger charge is 2.52. The Morgan fingerprint density at radius 3 is 2.80 bits per heavy atom. The van der Waals surface area contributed by atoms with Gasteiger partial charge in [0.1, 0.15) is 42.1 Å². The van der Waals surface area contributed by atoms with Crippen LogP contribution in [0.1, 0.15) is 40.9 Å². The molecule has 2 aromatic rings. The zero-order valence-corrected chi connectivity index (χ0v) is 18.9. The summed E-state index contributed by atoms with van der Waals surface area (Å²) in [6.45, 7) is -0.549. The minimum Gasteiger partial charge on any atom is -0.473 e. The van der Waals surface area contributed by atoms with Gasteiger partial charge in [0.25, 0.3) is 6.02 Å². The van der Waals surface area contributed by atoms with E-state index in [1.165, 1.54) is 30.6 Å². The predicted octanol–water partition coefficient (Wildman–Crippen LogP) is 2.84. The summed E-state index contributed by atoms with van der Waals surface area (Å²) in [5.41, 5.74) is 3.43. The van der Waals surface area contributed by atoms with Crippen LogP contribution in [0.2, 0.25) is 0 Å². The van der Waals surface area contributed by atoms with Crippen molar-refractivity contribution in [2.45, 2.75) is 43.0 Å².